The molecule has 0 bridgehead atoms. The minimum Gasteiger partial charge on any atom is -0.507 e. The molecule has 2 heterocycles. The average molecular weight is 405 g/mol. The molecule has 1 amide bonds. The number of anilines is 1. The number of methoxy groups -OCH3 is 1. The Morgan fingerprint density at radius 2 is 1.83 bits per heavy atom. The van der Waals surface area contributed by atoms with E-state index in [1.54, 1.807) is 55.5 Å². The summed E-state index contributed by atoms with van der Waals surface area (Å²) in [5.41, 5.74) is 1.17. The van der Waals surface area contributed by atoms with E-state index in [0.29, 0.717) is 11.3 Å². The van der Waals surface area contributed by atoms with Gasteiger partial charge in [0, 0.05) is 5.56 Å². The molecule has 0 radical (unpaired) electrons. The molecule has 7 heteroatoms. The second kappa shape index (κ2) is 7.44. The third-order valence-corrected chi connectivity index (χ3v) is 5.01. The number of rotatable bonds is 4. The largest absolute Gasteiger partial charge is 0.507 e. The van der Waals surface area contributed by atoms with Crippen LogP contribution in [0.4, 0.5) is 5.69 Å². The molecule has 7 nitrogen and oxygen atoms in total. The van der Waals surface area contributed by atoms with Gasteiger partial charge in [0.05, 0.1) is 24.6 Å². The Morgan fingerprint density at radius 1 is 1.10 bits per heavy atom. The number of furan rings is 1. The number of aliphatic hydroxyl groups is 1. The van der Waals surface area contributed by atoms with Gasteiger partial charge in [0.15, 0.2) is 0 Å². The highest BCUT2D eigenvalue weighted by atomic mass is 16.5. The van der Waals surface area contributed by atoms with E-state index in [0.717, 1.165) is 10.5 Å². The van der Waals surface area contributed by atoms with Crippen LogP contribution in [0.2, 0.25) is 0 Å². The highest BCUT2D eigenvalue weighted by molar-refractivity contribution is 6.51. The second-order valence-electron chi connectivity index (χ2n) is 6.91. The number of aryl methyl sites for hydroxylation is 1. The Hall–Kier alpha value is -4.00. The summed E-state index contributed by atoms with van der Waals surface area (Å²) in [7, 11) is 1.52. The Kier molecular flexibility index (Phi) is 4.79. The SMILES string of the molecule is COc1ccc(/C(O)=C2/C(=O)C(=O)N(c3cc(C)ccc3O)C2c2ccco2)cc1. The predicted molar refractivity (Wildman–Crippen MR) is 109 cm³/mol. The first kappa shape index (κ1) is 19.3. The number of benzene rings is 2. The molecule has 4 rings (SSSR count). The van der Waals surface area contributed by atoms with Gasteiger partial charge in [0.2, 0.25) is 0 Å². The summed E-state index contributed by atoms with van der Waals surface area (Å²) < 4.78 is 10.6. The van der Waals surface area contributed by atoms with Gasteiger partial charge in [-0.3, -0.25) is 14.5 Å². The Morgan fingerprint density at radius 3 is 2.47 bits per heavy atom. The van der Waals surface area contributed by atoms with Gasteiger partial charge in [0.1, 0.15) is 29.1 Å². The van der Waals surface area contributed by atoms with Gasteiger partial charge in [-0.25, -0.2) is 0 Å². The Bertz CT molecular complexity index is 1140. The molecule has 1 fully saturated rings. The van der Waals surface area contributed by atoms with E-state index in [1.807, 2.05) is 0 Å². The van der Waals surface area contributed by atoms with E-state index in [4.69, 9.17) is 9.15 Å². The number of phenolic OH excluding ortho intramolecular Hbond substituents is 1. The van der Waals surface area contributed by atoms with Crippen molar-refractivity contribution in [3.8, 4) is 11.5 Å². The molecule has 2 aromatic carbocycles. The van der Waals surface area contributed by atoms with Crippen molar-refractivity contribution in [2.24, 2.45) is 0 Å². The number of hydrogen-bond acceptors (Lipinski definition) is 6. The summed E-state index contributed by atoms with van der Waals surface area (Å²) in [5.74, 6) is -1.38. The number of carbonyl (C=O) groups is 2. The van der Waals surface area contributed by atoms with Crippen molar-refractivity contribution < 1.29 is 29.0 Å². The summed E-state index contributed by atoms with van der Waals surface area (Å²) in [4.78, 5) is 27.1. The van der Waals surface area contributed by atoms with Gasteiger partial charge in [0.25, 0.3) is 11.7 Å². The maximum atomic E-state index is 13.0. The fourth-order valence-electron chi connectivity index (χ4n) is 3.53. The summed E-state index contributed by atoms with van der Waals surface area (Å²) >= 11 is 0. The van der Waals surface area contributed by atoms with Crippen LogP contribution in [0.5, 0.6) is 11.5 Å². The lowest BCUT2D eigenvalue weighted by Gasteiger charge is -2.24. The molecule has 1 aliphatic heterocycles. The number of aliphatic hydroxyl groups excluding tert-OH is 1. The van der Waals surface area contributed by atoms with Crippen LogP contribution in [0.1, 0.15) is 22.9 Å². The highest BCUT2D eigenvalue weighted by Crippen LogP contribution is 2.45. The van der Waals surface area contributed by atoms with Crippen molar-refractivity contribution in [3.63, 3.8) is 0 Å². The van der Waals surface area contributed by atoms with E-state index in [9.17, 15) is 19.8 Å². The molecule has 2 N–H and O–H groups in total. The van der Waals surface area contributed by atoms with E-state index in [-0.39, 0.29) is 28.5 Å². The van der Waals surface area contributed by atoms with Crippen LogP contribution < -0.4 is 9.64 Å². The first-order valence-electron chi connectivity index (χ1n) is 9.21. The summed E-state index contributed by atoms with van der Waals surface area (Å²) in [6.45, 7) is 1.80. The number of ether oxygens (including phenoxy) is 1. The summed E-state index contributed by atoms with van der Waals surface area (Å²) in [5, 5.41) is 21.4. The smallest absolute Gasteiger partial charge is 0.300 e. The normalized spacial score (nSPS) is 18.1. The molecular weight excluding hydrogens is 386 g/mol. The van der Waals surface area contributed by atoms with Crippen LogP contribution in [0.25, 0.3) is 5.76 Å². The van der Waals surface area contributed by atoms with E-state index >= 15 is 0 Å². The number of hydrogen-bond donors (Lipinski definition) is 2. The van der Waals surface area contributed by atoms with Gasteiger partial charge in [-0.15, -0.1) is 0 Å². The quantitative estimate of drug-likeness (QED) is 0.388. The minimum atomic E-state index is -1.03. The molecule has 30 heavy (non-hydrogen) atoms. The predicted octanol–water partition coefficient (Wildman–Crippen LogP) is 3.93. The lowest BCUT2D eigenvalue weighted by atomic mass is 9.99. The zero-order valence-electron chi connectivity index (χ0n) is 16.3. The lowest BCUT2D eigenvalue weighted by Crippen LogP contribution is -2.29. The van der Waals surface area contributed by atoms with E-state index < -0.39 is 17.7 Å². The summed E-state index contributed by atoms with van der Waals surface area (Å²) in [6.07, 6.45) is 1.42. The highest BCUT2D eigenvalue weighted by Gasteiger charge is 2.49. The minimum absolute atomic E-state index is 0.124. The number of ketones is 1. The van der Waals surface area contributed by atoms with E-state index in [1.165, 1.54) is 19.4 Å². The second-order valence-corrected chi connectivity index (χ2v) is 6.91. The van der Waals surface area contributed by atoms with Crippen molar-refractivity contribution in [2.45, 2.75) is 13.0 Å². The number of Topliss-reactive ketones (excluding diaryl/α,β-unsaturated/α-hetero) is 1. The third kappa shape index (κ3) is 3.10. The fourth-order valence-corrected chi connectivity index (χ4v) is 3.53. The van der Waals surface area contributed by atoms with Gasteiger partial charge >= 0.3 is 0 Å². The summed E-state index contributed by atoms with van der Waals surface area (Å²) in [6, 6.07) is 13.4. The van der Waals surface area contributed by atoms with Crippen LogP contribution in [-0.2, 0) is 9.59 Å². The number of nitrogens with zero attached hydrogens (tertiary/aromatic N) is 1. The maximum Gasteiger partial charge on any atom is 0.300 e. The van der Waals surface area contributed by atoms with Crippen molar-refractivity contribution in [1.29, 1.82) is 0 Å². The number of carbonyl (C=O) groups excluding carboxylic acids is 2. The third-order valence-electron chi connectivity index (χ3n) is 5.01. The zero-order chi connectivity index (χ0) is 21.4. The van der Waals surface area contributed by atoms with Crippen LogP contribution in [0.15, 0.2) is 70.9 Å². The molecule has 1 unspecified atom stereocenters. The van der Waals surface area contributed by atoms with Gasteiger partial charge in [-0.1, -0.05) is 6.07 Å². The number of aromatic hydroxyl groups is 1. The molecule has 0 spiro atoms. The molecule has 3 aromatic rings. The fraction of sp³-hybridized carbons (Fsp3) is 0.130. The van der Waals surface area contributed by atoms with Crippen LogP contribution >= 0.6 is 0 Å². The van der Waals surface area contributed by atoms with Crippen LogP contribution in [0.3, 0.4) is 0 Å². The molecule has 0 aliphatic carbocycles. The molecule has 1 atom stereocenters. The van der Waals surface area contributed by atoms with Crippen LogP contribution in [-0.4, -0.2) is 29.0 Å². The molecule has 0 saturated carbocycles. The number of phenols is 1. The molecule has 1 aliphatic rings. The van der Waals surface area contributed by atoms with E-state index in [2.05, 4.69) is 0 Å². The van der Waals surface area contributed by atoms with Gasteiger partial charge in [-0.2, -0.15) is 0 Å². The van der Waals surface area contributed by atoms with Gasteiger partial charge in [-0.05, 0) is 61.0 Å². The first-order valence-corrected chi connectivity index (χ1v) is 9.21. The standard InChI is InChI=1S/C23H19NO6/c1-13-5-10-17(25)16(12-13)24-20(18-4-3-11-30-18)19(22(27)23(24)28)21(26)14-6-8-15(29-2)9-7-14/h3-12,20,25-26H,1-2H3/b21-19-. The molecule has 152 valence electrons. The topological polar surface area (TPSA) is 100 Å². The van der Waals surface area contributed by atoms with Crippen molar-refractivity contribution >= 4 is 23.1 Å². The molecular formula is C23H19NO6. The first-order chi connectivity index (χ1) is 14.4. The molecule has 1 saturated heterocycles. The van der Waals surface area contributed by atoms with Crippen molar-refractivity contribution in [2.75, 3.05) is 12.0 Å². The monoisotopic (exact) mass is 405 g/mol. The molecule has 1 aromatic heterocycles. The zero-order valence-corrected chi connectivity index (χ0v) is 16.3. The lowest BCUT2D eigenvalue weighted by molar-refractivity contribution is -0.132. The van der Waals surface area contributed by atoms with Gasteiger partial charge < -0.3 is 19.4 Å². The average Bonchev–Trinajstić information content (AvgIpc) is 3.37. The van der Waals surface area contributed by atoms with Crippen molar-refractivity contribution in [3.05, 3.63) is 83.3 Å². The number of amides is 1. The van der Waals surface area contributed by atoms with Crippen LogP contribution in [0, 0.1) is 6.92 Å². The Labute approximate surface area is 172 Å². The Balaban J connectivity index is 1.92. The maximum absolute atomic E-state index is 13.0. The van der Waals surface area contributed by atoms with Crippen molar-refractivity contribution in [1.82, 2.24) is 0 Å².